The first-order valence-electron chi connectivity index (χ1n) is 10.4. The molecule has 2 amide bonds. The van der Waals surface area contributed by atoms with Gasteiger partial charge < -0.3 is 11.1 Å². The molecular formula is C23H27N5O2S. The molecule has 0 saturated heterocycles. The third-order valence-electron chi connectivity index (χ3n) is 5.75. The second-order valence-corrected chi connectivity index (χ2v) is 9.14. The number of aryl methyl sites for hydroxylation is 1. The first-order valence-corrected chi connectivity index (χ1v) is 11.2. The monoisotopic (exact) mass is 437 g/mol. The van der Waals surface area contributed by atoms with Crippen LogP contribution in [0.25, 0.3) is 0 Å². The van der Waals surface area contributed by atoms with Gasteiger partial charge in [-0.15, -0.1) is 11.3 Å². The van der Waals surface area contributed by atoms with Crippen LogP contribution in [-0.2, 0) is 30.7 Å². The molecule has 3 N–H and O–H groups in total. The van der Waals surface area contributed by atoms with Crippen LogP contribution in [0, 0.1) is 0 Å². The lowest BCUT2D eigenvalue weighted by molar-refractivity contribution is -0.120. The number of rotatable bonds is 8. The number of hydrogen-bond acceptors (Lipinski definition) is 5. The van der Waals surface area contributed by atoms with Gasteiger partial charge in [-0.1, -0.05) is 30.3 Å². The Bertz CT molecular complexity index is 1090. The molecule has 0 saturated carbocycles. The number of likely N-dealkylation sites (N-methyl/N-ethyl adjacent to an activating group) is 1. The molecule has 0 bridgehead atoms. The zero-order valence-electron chi connectivity index (χ0n) is 17.8. The Kier molecular flexibility index (Phi) is 6.20. The summed E-state index contributed by atoms with van der Waals surface area (Å²) in [5.74, 6) is -0.622. The minimum Gasteiger partial charge on any atom is -0.365 e. The number of fused-ring (bicyclic) bond motifs is 1. The van der Waals surface area contributed by atoms with E-state index in [2.05, 4.69) is 22.5 Å². The van der Waals surface area contributed by atoms with E-state index < -0.39 is 5.91 Å². The van der Waals surface area contributed by atoms with Gasteiger partial charge in [0, 0.05) is 23.2 Å². The van der Waals surface area contributed by atoms with Crippen molar-refractivity contribution < 1.29 is 9.59 Å². The number of primary amides is 1. The first-order chi connectivity index (χ1) is 14.9. The van der Waals surface area contributed by atoms with Gasteiger partial charge in [0.15, 0.2) is 0 Å². The van der Waals surface area contributed by atoms with Crippen molar-refractivity contribution in [1.82, 2.24) is 14.7 Å². The number of amides is 2. The quantitative estimate of drug-likeness (QED) is 0.566. The van der Waals surface area contributed by atoms with E-state index in [1.165, 1.54) is 16.9 Å². The summed E-state index contributed by atoms with van der Waals surface area (Å²) in [6.45, 7) is 3.15. The van der Waals surface area contributed by atoms with Crippen molar-refractivity contribution in [3.63, 3.8) is 0 Å². The van der Waals surface area contributed by atoms with Crippen LogP contribution in [0.3, 0.4) is 0 Å². The molecule has 8 heteroatoms. The number of aromatic nitrogens is 2. The summed E-state index contributed by atoms with van der Waals surface area (Å²) < 4.78 is 1.90. The fourth-order valence-corrected chi connectivity index (χ4v) is 5.24. The summed E-state index contributed by atoms with van der Waals surface area (Å²) in [6.07, 6.45) is 6.66. The molecule has 1 aliphatic rings. The van der Waals surface area contributed by atoms with Crippen molar-refractivity contribution in [3.8, 4) is 0 Å². The number of benzene rings is 1. The molecule has 31 heavy (non-hydrogen) atoms. The Balaban J connectivity index is 1.38. The predicted molar refractivity (Wildman–Crippen MR) is 122 cm³/mol. The molecule has 3 aromatic rings. The molecular weight excluding hydrogens is 410 g/mol. The van der Waals surface area contributed by atoms with Crippen LogP contribution in [0.2, 0.25) is 0 Å². The molecule has 7 nitrogen and oxygen atoms in total. The summed E-state index contributed by atoms with van der Waals surface area (Å²) in [7, 11) is 1.90. The summed E-state index contributed by atoms with van der Waals surface area (Å²) >= 11 is 1.48. The lowest BCUT2D eigenvalue weighted by Gasteiger charge is -2.23. The number of carbonyl (C=O) groups excluding carboxylic acids is 2. The van der Waals surface area contributed by atoms with Gasteiger partial charge in [0.2, 0.25) is 5.91 Å². The Morgan fingerprint density at radius 3 is 2.77 bits per heavy atom. The van der Waals surface area contributed by atoms with Crippen molar-refractivity contribution in [3.05, 3.63) is 69.9 Å². The Morgan fingerprint density at radius 2 is 2.03 bits per heavy atom. The molecule has 1 atom stereocenters. The van der Waals surface area contributed by atoms with Gasteiger partial charge in [-0.3, -0.25) is 19.2 Å². The first kappa shape index (κ1) is 21.3. The smallest absolute Gasteiger partial charge is 0.251 e. The minimum absolute atomic E-state index is 0.151. The topological polar surface area (TPSA) is 93.2 Å². The number of nitrogens with zero attached hydrogens (tertiary/aromatic N) is 3. The van der Waals surface area contributed by atoms with Crippen molar-refractivity contribution in [2.75, 3.05) is 12.4 Å². The van der Waals surface area contributed by atoms with Crippen molar-refractivity contribution in [2.24, 2.45) is 5.73 Å². The van der Waals surface area contributed by atoms with Crippen LogP contribution in [0.1, 0.15) is 45.3 Å². The number of hydrogen-bond donors (Lipinski definition) is 2. The average molecular weight is 438 g/mol. The fourth-order valence-electron chi connectivity index (χ4n) is 3.94. The molecule has 0 spiro atoms. The number of thiophene rings is 1. The van der Waals surface area contributed by atoms with Gasteiger partial charge in [0.05, 0.1) is 24.3 Å². The maximum absolute atomic E-state index is 12.9. The van der Waals surface area contributed by atoms with Crippen molar-refractivity contribution in [2.45, 2.75) is 45.3 Å². The van der Waals surface area contributed by atoms with Crippen LogP contribution in [-0.4, -0.2) is 39.6 Å². The van der Waals surface area contributed by atoms with Crippen LogP contribution < -0.4 is 11.1 Å². The second-order valence-electron chi connectivity index (χ2n) is 8.04. The predicted octanol–water partition coefficient (Wildman–Crippen LogP) is 3.04. The second kappa shape index (κ2) is 9.03. The molecule has 2 heterocycles. The SMILES string of the molecule is C[C@@H](C(=O)Nc1sc2c(c1C(N)=O)CCC2)N(C)Cc1cnn(Cc2ccccc2)c1. The van der Waals surface area contributed by atoms with E-state index in [1.54, 1.807) is 0 Å². The van der Waals surface area contributed by atoms with Gasteiger partial charge >= 0.3 is 0 Å². The largest absolute Gasteiger partial charge is 0.365 e. The van der Waals surface area contributed by atoms with Crippen LogP contribution >= 0.6 is 11.3 Å². The molecule has 1 aliphatic carbocycles. The van der Waals surface area contributed by atoms with E-state index in [1.807, 2.05) is 54.1 Å². The molecule has 162 valence electrons. The van der Waals surface area contributed by atoms with E-state index >= 15 is 0 Å². The van der Waals surface area contributed by atoms with Crippen molar-refractivity contribution >= 4 is 28.2 Å². The van der Waals surface area contributed by atoms with Gasteiger partial charge in [-0.25, -0.2) is 0 Å². The van der Waals surface area contributed by atoms with E-state index in [4.69, 9.17) is 5.73 Å². The molecule has 0 fully saturated rings. The van der Waals surface area contributed by atoms with Crippen LogP contribution in [0.5, 0.6) is 0 Å². The van der Waals surface area contributed by atoms with Gasteiger partial charge in [-0.05, 0) is 44.4 Å². The molecule has 4 rings (SSSR count). The molecule has 2 aromatic heterocycles. The minimum atomic E-state index is -0.471. The number of nitrogens with one attached hydrogen (secondary N) is 1. The Labute approximate surface area is 185 Å². The molecule has 1 aromatic carbocycles. The number of carbonyl (C=O) groups is 2. The Hall–Kier alpha value is -2.97. The normalized spacial score (nSPS) is 13.9. The highest BCUT2D eigenvalue weighted by Crippen LogP contribution is 2.38. The zero-order valence-corrected chi connectivity index (χ0v) is 18.6. The Morgan fingerprint density at radius 1 is 1.26 bits per heavy atom. The average Bonchev–Trinajstić information content (AvgIpc) is 3.44. The highest BCUT2D eigenvalue weighted by Gasteiger charge is 2.28. The lowest BCUT2D eigenvalue weighted by Crippen LogP contribution is -2.39. The molecule has 0 unspecified atom stereocenters. The number of nitrogens with two attached hydrogens (primary N) is 1. The molecule has 0 radical (unpaired) electrons. The van der Waals surface area contributed by atoms with Crippen LogP contribution in [0.15, 0.2) is 42.7 Å². The maximum atomic E-state index is 12.9. The zero-order chi connectivity index (χ0) is 22.0. The fraction of sp³-hybridized carbons (Fsp3) is 0.348. The van der Waals surface area contributed by atoms with Crippen molar-refractivity contribution in [1.29, 1.82) is 0 Å². The summed E-state index contributed by atoms with van der Waals surface area (Å²) in [5, 5.41) is 7.96. The van der Waals surface area contributed by atoms with Gasteiger partial charge in [-0.2, -0.15) is 5.10 Å². The van der Waals surface area contributed by atoms with E-state index in [-0.39, 0.29) is 11.9 Å². The summed E-state index contributed by atoms with van der Waals surface area (Å²) in [6, 6.07) is 9.78. The standard InChI is InChI=1S/C23H27N5O2S/c1-15(22(30)26-23-20(21(24)29)18-9-6-10-19(18)31-23)27(2)12-17-11-25-28(14-17)13-16-7-4-3-5-8-16/h3-5,7-8,11,14-15H,6,9-10,12-13H2,1-2H3,(H2,24,29)(H,26,30)/t15-/m0/s1. The van der Waals surface area contributed by atoms with E-state index in [0.717, 1.165) is 35.3 Å². The van der Waals surface area contributed by atoms with Gasteiger partial charge in [0.1, 0.15) is 5.00 Å². The third kappa shape index (κ3) is 4.70. The molecule has 0 aliphatic heterocycles. The highest BCUT2D eigenvalue weighted by molar-refractivity contribution is 7.17. The van der Waals surface area contributed by atoms with Gasteiger partial charge in [0.25, 0.3) is 5.91 Å². The lowest BCUT2D eigenvalue weighted by atomic mass is 10.1. The summed E-state index contributed by atoms with van der Waals surface area (Å²) in [5.41, 5.74) is 9.32. The van der Waals surface area contributed by atoms with Crippen LogP contribution in [0.4, 0.5) is 5.00 Å². The summed E-state index contributed by atoms with van der Waals surface area (Å²) in [4.78, 5) is 28.0. The maximum Gasteiger partial charge on any atom is 0.251 e. The highest BCUT2D eigenvalue weighted by atomic mass is 32.1. The number of anilines is 1. The van der Waals surface area contributed by atoms with E-state index in [0.29, 0.717) is 23.7 Å². The third-order valence-corrected chi connectivity index (χ3v) is 6.96. The van der Waals surface area contributed by atoms with E-state index in [9.17, 15) is 9.59 Å².